The molecule has 9 heteroatoms. The van der Waals surface area contributed by atoms with Crippen LogP contribution in [-0.2, 0) is 9.47 Å². The van der Waals surface area contributed by atoms with Crippen molar-refractivity contribution in [2.75, 3.05) is 25.1 Å². The summed E-state index contributed by atoms with van der Waals surface area (Å²) in [4.78, 5) is 21.1. The summed E-state index contributed by atoms with van der Waals surface area (Å²) in [5, 5.41) is 0. The van der Waals surface area contributed by atoms with Crippen molar-refractivity contribution in [1.29, 1.82) is 0 Å². The molecule has 0 aliphatic carbocycles. The van der Waals surface area contributed by atoms with Gasteiger partial charge in [-0.05, 0) is 12.8 Å². The molecule has 1 saturated heterocycles. The standard InChI is InChI=1S/C12H14F3N3O3/c1-20-11(19)9-6-16-7-17-10(9)18-4-2-8(3-5-18)21-12(13,14)15/h6-8H,2-5H2,1H3. The molecule has 0 radical (unpaired) electrons. The first-order valence-corrected chi connectivity index (χ1v) is 6.28. The first kappa shape index (κ1) is 15.5. The summed E-state index contributed by atoms with van der Waals surface area (Å²) in [6.45, 7) is 0.615. The van der Waals surface area contributed by atoms with Crippen LogP contribution in [0, 0.1) is 0 Å². The predicted octanol–water partition coefficient (Wildman–Crippen LogP) is 1.77. The van der Waals surface area contributed by atoms with Gasteiger partial charge < -0.3 is 9.64 Å². The van der Waals surface area contributed by atoms with Gasteiger partial charge in [-0.1, -0.05) is 0 Å². The van der Waals surface area contributed by atoms with E-state index in [0.29, 0.717) is 18.9 Å². The van der Waals surface area contributed by atoms with E-state index in [1.165, 1.54) is 19.6 Å². The van der Waals surface area contributed by atoms with Crippen molar-refractivity contribution in [1.82, 2.24) is 9.97 Å². The lowest BCUT2D eigenvalue weighted by molar-refractivity contribution is -0.344. The summed E-state index contributed by atoms with van der Waals surface area (Å²) in [5.74, 6) is -0.221. The van der Waals surface area contributed by atoms with E-state index in [9.17, 15) is 18.0 Å². The third-order valence-corrected chi connectivity index (χ3v) is 3.14. The second-order valence-corrected chi connectivity index (χ2v) is 4.50. The number of aromatic nitrogens is 2. The maximum atomic E-state index is 12.2. The third-order valence-electron chi connectivity index (χ3n) is 3.14. The Hall–Kier alpha value is -1.90. The largest absolute Gasteiger partial charge is 0.522 e. The minimum Gasteiger partial charge on any atom is -0.465 e. The molecule has 0 spiro atoms. The Morgan fingerprint density at radius 1 is 1.38 bits per heavy atom. The van der Waals surface area contributed by atoms with Crippen molar-refractivity contribution in [2.24, 2.45) is 0 Å². The van der Waals surface area contributed by atoms with Gasteiger partial charge in [0.15, 0.2) is 0 Å². The van der Waals surface area contributed by atoms with Gasteiger partial charge in [-0.2, -0.15) is 0 Å². The molecule has 2 heterocycles. The molecule has 0 aromatic carbocycles. The number of halogens is 3. The van der Waals surface area contributed by atoms with Crippen molar-refractivity contribution >= 4 is 11.8 Å². The van der Waals surface area contributed by atoms with Crippen LogP contribution in [0.25, 0.3) is 0 Å². The topological polar surface area (TPSA) is 64.5 Å². The monoisotopic (exact) mass is 305 g/mol. The number of methoxy groups -OCH3 is 1. The van der Waals surface area contributed by atoms with E-state index in [1.54, 1.807) is 4.90 Å². The van der Waals surface area contributed by atoms with Crippen LogP contribution in [0.5, 0.6) is 0 Å². The summed E-state index contributed by atoms with van der Waals surface area (Å²) in [6.07, 6.45) is -2.50. The number of piperidine rings is 1. The second kappa shape index (κ2) is 6.25. The maximum Gasteiger partial charge on any atom is 0.522 e. The highest BCUT2D eigenvalue weighted by Crippen LogP contribution is 2.27. The Labute approximate surface area is 118 Å². The molecule has 116 valence electrons. The summed E-state index contributed by atoms with van der Waals surface area (Å²) in [5.41, 5.74) is 0.190. The Morgan fingerprint density at radius 3 is 2.62 bits per heavy atom. The highest BCUT2D eigenvalue weighted by Gasteiger charge is 2.35. The number of hydrogen-bond acceptors (Lipinski definition) is 6. The first-order valence-electron chi connectivity index (χ1n) is 6.28. The van der Waals surface area contributed by atoms with Crippen LogP contribution in [0.3, 0.4) is 0 Å². The van der Waals surface area contributed by atoms with E-state index in [-0.39, 0.29) is 18.4 Å². The fourth-order valence-corrected chi connectivity index (χ4v) is 2.20. The van der Waals surface area contributed by atoms with E-state index in [4.69, 9.17) is 0 Å². The number of esters is 1. The SMILES string of the molecule is COC(=O)c1cncnc1N1CCC(OC(F)(F)F)CC1. The van der Waals surface area contributed by atoms with Gasteiger partial charge in [-0.25, -0.2) is 14.8 Å². The molecule has 1 aliphatic rings. The van der Waals surface area contributed by atoms with Crippen molar-refractivity contribution < 1.29 is 27.4 Å². The number of ether oxygens (including phenoxy) is 2. The lowest BCUT2D eigenvalue weighted by atomic mass is 10.1. The molecular weight excluding hydrogens is 291 g/mol. The molecule has 2 rings (SSSR count). The van der Waals surface area contributed by atoms with Crippen molar-refractivity contribution in [3.05, 3.63) is 18.1 Å². The van der Waals surface area contributed by atoms with E-state index in [0.717, 1.165) is 0 Å². The van der Waals surface area contributed by atoms with Crippen LogP contribution in [0.1, 0.15) is 23.2 Å². The quantitative estimate of drug-likeness (QED) is 0.793. The molecule has 0 unspecified atom stereocenters. The smallest absolute Gasteiger partial charge is 0.465 e. The van der Waals surface area contributed by atoms with Gasteiger partial charge in [0.05, 0.1) is 13.2 Å². The summed E-state index contributed by atoms with van der Waals surface area (Å²) >= 11 is 0. The first-order chi connectivity index (χ1) is 9.90. The normalized spacial score (nSPS) is 16.9. The zero-order valence-electron chi connectivity index (χ0n) is 11.3. The number of carbonyl (C=O) groups excluding carboxylic acids is 1. The number of alkyl halides is 3. The van der Waals surface area contributed by atoms with E-state index in [2.05, 4.69) is 19.4 Å². The van der Waals surface area contributed by atoms with Gasteiger partial charge in [-0.3, -0.25) is 4.74 Å². The van der Waals surface area contributed by atoms with Gasteiger partial charge in [0, 0.05) is 19.3 Å². The second-order valence-electron chi connectivity index (χ2n) is 4.50. The summed E-state index contributed by atoms with van der Waals surface area (Å²) in [7, 11) is 1.24. The molecule has 0 saturated carbocycles. The fraction of sp³-hybridized carbons (Fsp3) is 0.583. The number of carbonyl (C=O) groups is 1. The number of anilines is 1. The molecule has 0 atom stereocenters. The fourth-order valence-electron chi connectivity index (χ4n) is 2.20. The van der Waals surface area contributed by atoms with Crippen molar-refractivity contribution in [3.8, 4) is 0 Å². The number of hydrogen-bond donors (Lipinski definition) is 0. The average molecular weight is 305 g/mol. The zero-order valence-corrected chi connectivity index (χ0v) is 11.3. The van der Waals surface area contributed by atoms with E-state index >= 15 is 0 Å². The Kier molecular flexibility index (Phi) is 4.61. The molecule has 0 amide bonds. The molecule has 0 N–H and O–H groups in total. The van der Waals surface area contributed by atoms with E-state index < -0.39 is 18.4 Å². The minimum absolute atomic E-state index is 0.190. The van der Waals surface area contributed by atoms with Crippen LogP contribution < -0.4 is 4.90 Å². The molecule has 1 aromatic heterocycles. The van der Waals surface area contributed by atoms with Gasteiger partial charge in [0.2, 0.25) is 0 Å². The van der Waals surface area contributed by atoms with Crippen molar-refractivity contribution in [3.63, 3.8) is 0 Å². The van der Waals surface area contributed by atoms with Crippen LogP contribution in [0.2, 0.25) is 0 Å². The molecule has 0 bridgehead atoms. The number of rotatable bonds is 3. The highest BCUT2D eigenvalue weighted by molar-refractivity contribution is 5.94. The summed E-state index contributed by atoms with van der Waals surface area (Å²) in [6, 6.07) is 0. The van der Waals surface area contributed by atoms with Gasteiger partial charge in [0.25, 0.3) is 0 Å². The molecule has 21 heavy (non-hydrogen) atoms. The van der Waals surface area contributed by atoms with Crippen LogP contribution in [0.4, 0.5) is 19.0 Å². The molecule has 6 nitrogen and oxygen atoms in total. The Morgan fingerprint density at radius 2 is 2.05 bits per heavy atom. The van der Waals surface area contributed by atoms with Gasteiger partial charge >= 0.3 is 12.3 Å². The maximum absolute atomic E-state index is 12.2. The van der Waals surface area contributed by atoms with Gasteiger partial charge in [0.1, 0.15) is 17.7 Å². The molecule has 1 aromatic rings. The third kappa shape index (κ3) is 4.03. The molecular formula is C12H14F3N3O3. The van der Waals surface area contributed by atoms with E-state index in [1.807, 2.05) is 0 Å². The lowest BCUT2D eigenvalue weighted by Crippen LogP contribution is -2.40. The van der Waals surface area contributed by atoms with Crippen molar-refractivity contribution in [2.45, 2.75) is 25.3 Å². The van der Waals surface area contributed by atoms with Crippen LogP contribution in [-0.4, -0.2) is 48.6 Å². The predicted molar refractivity (Wildman–Crippen MR) is 65.7 cm³/mol. The van der Waals surface area contributed by atoms with Gasteiger partial charge in [-0.15, -0.1) is 13.2 Å². The summed E-state index contributed by atoms with van der Waals surface area (Å²) < 4.78 is 45.1. The van der Waals surface area contributed by atoms with Crippen LogP contribution in [0.15, 0.2) is 12.5 Å². The highest BCUT2D eigenvalue weighted by atomic mass is 19.4. The van der Waals surface area contributed by atoms with Crippen LogP contribution >= 0.6 is 0 Å². The zero-order chi connectivity index (χ0) is 15.5. The Balaban J connectivity index is 2.04. The minimum atomic E-state index is -4.63. The molecule has 1 fully saturated rings. The lowest BCUT2D eigenvalue weighted by Gasteiger charge is -2.33. The Bertz CT molecular complexity index is 502. The average Bonchev–Trinajstić information content (AvgIpc) is 2.45. The number of nitrogens with zero attached hydrogens (tertiary/aromatic N) is 3. The molecule has 1 aliphatic heterocycles.